The summed E-state index contributed by atoms with van der Waals surface area (Å²) in [6, 6.07) is 11.6. The zero-order valence-corrected chi connectivity index (χ0v) is 14.2. The number of H-pyrrole nitrogens is 2. The van der Waals surface area contributed by atoms with Crippen LogP contribution in [0.3, 0.4) is 0 Å². The molecule has 2 heterocycles. The van der Waals surface area contributed by atoms with Crippen LogP contribution in [0.25, 0.3) is 0 Å². The Morgan fingerprint density at radius 2 is 2.00 bits per heavy atom. The maximum atomic E-state index is 12.5. The maximum absolute atomic E-state index is 12.5. The molecule has 3 rings (SSSR count). The number of ether oxygens (including phenoxy) is 1. The molecule has 7 nitrogen and oxygen atoms in total. The molecular formula is C18H20N4O3. The Balaban J connectivity index is 2.04. The van der Waals surface area contributed by atoms with E-state index >= 15 is 0 Å². The number of rotatable bonds is 6. The first-order valence-corrected chi connectivity index (χ1v) is 7.98. The van der Waals surface area contributed by atoms with Crippen molar-refractivity contribution in [2.75, 3.05) is 7.11 Å². The number of nitrogens with one attached hydrogen (secondary N) is 2. The van der Waals surface area contributed by atoms with E-state index in [0.717, 1.165) is 17.0 Å². The predicted molar refractivity (Wildman–Crippen MR) is 92.3 cm³/mol. The number of hydrogen-bond donors (Lipinski definition) is 2. The summed E-state index contributed by atoms with van der Waals surface area (Å²) in [6.07, 6.45) is 2.28. The lowest BCUT2D eigenvalue weighted by Crippen LogP contribution is -2.20. The van der Waals surface area contributed by atoms with Crippen LogP contribution in [0, 0.1) is 0 Å². The van der Waals surface area contributed by atoms with Crippen LogP contribution in [0.4, 0.5) is 0 Å². The Hall–Kier alpha value is -3.09. The molecule has 0 saturated heterocycles. The minimum Gasteiger partial charge on any atom is -0.469 e. The van der Waals surface area contributed by atoms with Gasteiger partial charge in [0.1, 0.15) is 0 Å². The molecule has 0 fully saturated rings. The van der Waals surface area contributed by atoms with Crippen LogP contribution >= 0.6 is 0 Å². The fourth-order valence-corrected chi connectivity index (χ4v) is 3.04. The second-order valence-electron chi connectivity index (χ2n) is 5.85. The van der Waals surface area contributed by atoms with Gasteiger partial charge in [0.05, 0.1) is 13.5 Å². The predicted octanol–water partition coefficient (Wildman–Crippen LogP) is 1.72. The van der Waals surface area contributed by atoms with Crippen LogP contribution in [0.2, 0.25) is 0 Å². The number of carbonyl (C=O) groups is 1. The number of benzene rings is 1. The Labute approximate surface area is 144 Å². The van der Waals surface area contributed by atoms with Gasteiger partial charge >= 0.3 is 5.97 Å². The van der Waals surface area contributed by atoms with E-state index in [2.05, 4.69) is 15.3 Å². The first-order valence-electron chi connectivity index (χ1n) is 7.98. The molecule has 0 aliphatic rings. The van der Waals surface area contributed by atoms with E-state index in [1.165, 1.54) is 7.11 Å². The second kappa shape index (κ2) is 7.21. The van der Waals surface area contributed by atoms with Gasteiger partial charge in [-0.2, -0.15) is 5.10 Å². The molecule has 130 valence electrons. The number of methoxy groups -OCH3 is 1. The van der Waals surface area contributed by atoms with Gasteiger partial charge in [-0.25, -0.2) is 0 Å². The largest absolute Gasteiger partial charge is 0.469 e. The molecule has 3 aromatic rings. The lowest BCUT2D eigenvalue weighted by atomic mass is 9.90. The van der Waals surface area contributed by atoms with Gasteiger partial charge in [-0.1, -0.05) is 30.3 Å². The number of esters is 1. The number of aryl methyl sites for hydroxylation is 1. The van der Waals surface area contributed by atoms with Crippen LogP contribution in [-0.2, 0) is 23.0 Å². The summed E-state index contributed by atoms with van der Waals surface area (Å²) in [6.45, 7) is 0. The molecule has 1 aromatic carbocycles. The van der Waals surface area contributed by atoms with E-state index in [9.17, 15) is 9.59 Å². The minimum atomic E-state index is -0.436. The van der Waals surface area contributed by atoms with Crippen molar-refractivity contribution in [3.63, 3.8) is 0 Å². The van der Waals surface area contributed by atoms with Crippen molar-refractivity contribution in [2.45, 2.75) is 18.8 Å². The van der Waals surface area contributed by atoms with Crippen molar-refractivity contribution in [2.24, 2.45) is 7.05 Å². The summed E-state index contributed by atoms with van der Waals surface area (Å²) in [5.74, 6) is -0.814. The van der Waals surface area contributed by atoms with Crippen molar-refractivity contribution >= 4 is 5.97 Å². The average molecular weight is 340 g/mol. The van der Waals surface area contributed by atoms with E-state index < -0.39 is 5.92 Å². The molecule has 0 amide bonds. The Morgan fingerprint density at radius 3 is 2.64 bits per heavy atom. The van der Waals surface area contributed by atoms with Crippen molar-refractivity contribution in [3.8, 4) is 0 Å². The molecule has 0 saturated carbocycles. The van der Waals surface area contributed by atoms with Gasteiger partial charge < -0.3 is 9.84 Å². The molecule has 0 radical (unpaired) electrons. The van der Waals surface area contributed by atoms with Crippen molar-refractivity contribution < 1.29 is 9.53 Å². The van der Waals surface area contributed by atoms with Gasteiger partial charge in [0, 0.05) is 42.5 Å². The third-order valence-electron chi connectivity index (χ3n) is 4.28. The maximum Gasteiger partial charge on any atom is 0.306 e. The van der Waals surface area contributed by atoms with Gasteiger partial charge in [0.25, 0.3) is 5.56 Å². The van der Waals surface area contributed by atoms with E-state index in [4.69, 9.17) is 4.74 Å². The van der Waals surface area contributed by atoms with Crippen LogP contribution in [0.5, 0.6) is 0 Å². The highest BCUT2D eigenvalue weighted by Crippen LogP contribution is 2.28. The van der Waals surface area contributed by atoms with Crippen LogP contribution in [0.15, 0.2) is 47.4 Å². The quantitative estimate of drug-likeness (QED) is 0.668. The van der Waals surface area contributed by atoms with Crippen LogP contribution < -0.4 is 5.56 Å². The molecule has 0 unspecified atom stereocenters. The summed E-state index contributed by atoms with van der Waals surface area (Å²) in [5.41, 5.74) is 2.91. The minimum absolute atomic E-state index is 0.0682. The molecule has 1 atom stereocenters. The molecule has 0 aliphatic carbocycles. The number of aromatic nitrogens is 4. The normalized spacial score (nSPS) is 12.1. The van der Waals surface area contributed by atoms with Gasteiger partial charge in [-0.15, -0.1) is 0 Å². The van der Waals surface area contributed by atoms with Gasteiger partial charge in [0.15, 0.2) is 0 Å². The van der Waals surface area contributed by atoms with Gasteiger partial charge in [-0.3, -0.25) is 19.4 Å². The standard InChI is InChI=1S/C18H20N4O3/c1-22-15(8-9-19-22)13(11-16(23)25-2)17-14(20-21-18(17)24)10-12-6-4-3-5-7-12/h3-9,13H,10-11H2,1-2H3,(H2,20,21,24)/t13-/m1/s1. The van der Waals surface area contributed by atoms with Gasteiger partial charge in [0.2, 0.25) is 0 Å². The van der Waals surface area contributed by atoms with E-state index in [1.54, 1.807) is 17.9 Å². The van der Waals surface area contributed by atoms with Crippen LogP contribution in [0.1, 0.15) is 34.9 Å². The molecule has 0 bridgehead atoms. The summed E-state index contributed by atoms with van der Waals surface area (Å²) >= 11 is 0. The number of aromatic amines is 2. The highest BCUT2D eigenvalue weighted by atomic mass is 16.5. The molecule has 2 aromatic heterocycles. The molecule has 0 spiro atoms. The monoisotopic (exact) mass is 340 g/mol. The van der Waals surface area contributed by atoms with Gasteiger partial charge in [-0.05, 0) is 11.6 Å². The molecular weight excluding hydrogens is 320 g/mol. The zero-order chi connectivity index (χ0) is 17.8. The lowest BCUT2D eigenvalue weighted by Gasteiger charge is -2.16. The first kappa shape index (κ1) is 16.8. The highest BCUT2D eigenvalue weighted by Gasteiger charge is 2.27. The second-order valence-corrected chi connectivity index (χ2v) is 5.85. The Bertz CT molecular complexity index is 908. The third-order valence-corrected chi connectivity index (χ3v) is 4.28. The van der Waals surface area contributed by atoms with E-state index in [0.29, 0.717) is 12.0 Å². The fraction of sp³-hybridized carbons (Fsp3) is 0.278. The molecule has 25 heavy (non-hydrogen) atoms. The van der Waals surface area contributed by atoms with E-state index in [1.807, 2.05) is 36.4 Å². The summed E-state index contributed by atoms with van der Waals surface area (Å²) in [4.78, 5) is 24.4. The average Bonchev–Trinajstić information content (AvgIpc) is 3.20. The van der Waals surface area contributed by atoms with Crippen LogP contribution in [-0.4, -0.2) is 33.1 Å². The molecule has 0 aliphatic heterocycles. The first-order chi connectivity index (χ1) is 12.1. The Morgan fingerprint density at radius 1 is 1.24 bits per heavy atom. The third kappa shape index (κ3) is 3.55. The number of carbonyl (C=O) groups excluding carboxylic acids is 1. The SMILES string of the molecule is COC(=O)C[C@@H](c1c(Cc2ccccc2)[nH][nH]c1=O)c1ccnn1C. The fourth-order valence-electron chi connectivity index (χ4n) is 3.04. The van der Waals surface area contributed by atoms with Crippen molar-refractivity contribution in [3.05, 3.63) is 75.5 Å². The molecule has 7 heteroatoms. The van der Waals surface area contributed by atoms with E-state index in [-0.39, 0.29) is 17.9 Å². The number of hydrogen-bond acceptors (Lipinski definition) is 4. The smallest absolute Gasteiger partial charge is 0.306 e. The Kier molecular flexibility index (Phi) is 4.83. The highest BCUT2D eigenvalue weighted by molar-refractivity contribution is 5.71. The van der Waals surface area contributed by atoms with Crippen molar-refractivity contribution in [1.29, 1.82) is 0 Å². The zero-order valence-electron chi connectivity index (χ0n) is 14.2. The summed E-state index contributed by atoms with van der Waals surface area (Å²) in [7, 11) is 3.13. The lowest BCUT2D eigenvalue weighted by molar-refractivity contribution is -0.140. The number of nitrogens with zero attached hydrogens (tertiary/aromatic N) is 2. The van der Waals surface area contributed by atoms with Crippen molar-refractivity contribution in [1.82, 2.24) is 20.0 Å². The summed E-state index contributed by atoms with van der Waals surface area (Å²) < 4.78 is 6.50. The topological polar surface area (TPSA) is 92.8 Å². The summed E-state index contributed by atoms with van der Waals surface area (Å²) in [5, 5.41) is 9.77. The molecule has 2 N–H and O–H groups in total.